The van der Waals surface area contributed by atoms with Gasteiger partial charge in [0.05, 0.1) is 6.26 Å². The normalized spacial score (nSPS) is 24.2. The minimum Gasteiger partial charge on any atom is -0.461 e. The van der Waals surface area contributed by atoms with E-state index in [2.05, 4.69) is 26.6 Å². The Morgan fingerprint density at radius 1 is 1.20 bits per heavy atom. The molecule has 0 saturated heterocycles. The molecule has 2 aromatic heterocycles. The molecule has 0 unspecified atom stereocenters. The van der Waals surface area contributed by atoms with Crippen molar-refractivity contribution in [3.63, 3.8) is 0 Å². The van der Waals surface area contributed by atoms with Crippen LogP contribution in [0.4, 0.5) is 0 Å². The molecule has 0 spiro atoms. The Kier molecular flexibility index (Phi) is 5.31. The van der Waals surface area contributed by atoms with Crippen molar-refractivity contribution >= 4 is 0 Å². The third-order valence-electron chi connectivity index (χ3n) is 5.61. The van der Waals surface area contributed by atoms with E-state index >= 15 is 0 Å². The Hall–Kier alpha value is -1.88. The minimum atomic E-state index is 0.630. The van der Waals surface area contributed by atoms with Gasteiger partial charge < -0.3 is 9.73 Å². The van der Waals surface area contributed by atoms with Gasteiger partial charge in [-0.1, -0.05) is 24.5 Å². The molecule has 4 rings (SSSR count). The van der Waals surface area contributed by atoms with Gasteiger partial charge in [0.15, 0.2) is 5.76 Å². The highest BCUT2D eigenvalue weighted by atomic mass is 16.3. The van der Waals surface area contributed by atoms with Crippen LogP contribution >= 0.6 is 0 Å². The van der Waals surface area contributed by atoms with Crippen LogP contribution in [0, 0.1) is 5.92 Å². The van der Waals surface area contributed by atoms with E-state index < -0.39 is 0 Å². The number of furan rings is 1. The summed E-state index contributed by atoms with van der Waals surface area (Å²) in [5, 5.41) is 11.1. The zero-order valence-corrected chi connectivity index (χ0v) is 14.8. The Morgan fingerprint density at radius 3 is 3.00 bits per heavy atom. The van der Waals surface area contributed by atoms with E-state index in [0.717, 1.165) is 24.7 Å². The third kappa shape index (κ3) is 4.03. The smallest absolute Gasteiger partial charge is 0.216 e. The van der Waals surface area contributed by atoms with E-state index in [1.165, 1.54) is 51.4 Å². The number of H-pyrrole nitrogens is 1. The highest BCUT2D eigenvalue weighted by Gasteiger charge is 2.28. The summed E-state index contributed by atoms with van der Waals surface area (Å²) in [6, 6.07) is 4.37. The molecule has 1 fully saturated rings. The standard InChI is InChI=1S/C20H28N4O/c1-2-7-15(8-3-1)16-9-4-5-10-17(16)21-13-12-19-22-20(24-23-19)18-11-6-14-25-18/h6-7,11,14,16-17,21H,1-5,8-10,12-13H2,(H,22,23,24)/t16-,17+/m1/s1. The summed E-state index contributed by atoms with van der Waals surface area (Å²) in [7, 11) is 0. The largest absolute Gasteiger partial charge is 0.461 e. The fraction of sp³-hybridized carbons (Fsp3) is 0.600. The first-order valence-electron chi connectivity index (χ1n) is 9.77. The molecule has 2 atom stereocenters. The predicted molar refractivity (Wildman–Crippen MR) is 98.1 cm³/mol. The van der Waals surface area contributed by atoms with Crippen molar-refractivity contribution in [1.29, 1.82) is 0 Å². The van der Waals surface area contributed by atoms with Gasteiger partial charge in [-0.2, -0.15) is 5.10 Å². The van der Waals surface area contributed by atoms with E-state index in [-0.39, 0.29) is 0 Å². The zero-order valence-electron chi connectivity index (χ0n) is 14.8. The van der Waals surface area contributed by atoms with Gasteiger partial charge in [0, 0.05) is 19.0 Å². The van der Waals surface area contributed by atoms with E-state index in [1.54, 1.807) is 11.8 Å². The molecule has 2 heterocycles. The molecule has 0 aromatic carbocycles. The molecule has 5 nitrogen and oxygen atoms in total. The molecule has 25 heavy (non-hydrogen) atoms. The summed E-state index contributed by atoms with van der Waals surface area (Å²) in [6.07, 6.45) is 15.8. The van der Waals surface area contributed by atoms with E-state index in [0.29, 0.717) is 17.6 Å². The van der Waals surface area contributed by atoms with Crippen molar-refractivity contribution in [3.05, 3.63) is 35.9 Å². The topological polar surface area (TPSA) is 66.7 Å². The molecule has 2 aliphatic rings. The van der Waals surface area contributed by atoms with Crippen LogP contribution in [0.5, 0.6) is 0 Å². The van der Waals surface area contributed by atoms with Crippen molar-refractivity contribution in [3.8, 4) is 11.6 Å². The molecule has 2 N–H and O–H groups in total. The lowest BCUT2D eigenvalue weighted by molar-refractivity contribution is 0.288. The molecule has 0 amide bonds. The van der Waals surface area contributed by atoms with Crippen LogP contribution in [0.15, 0.2) is 34.5 Å². The second kappa shape index (κ2) is 8.00. The van der Waals surface area contributed by atoms with Gasteiger partial charge in [-0.05, 0) is 56.6 Å². The lowest BCUT2D eigenvalue weighted by atomic mass is 9.76. The van der Waals surface area contributed by atoms with Crippen LogP contribution in [-0.4, -0.2) is 27.8 Å². The molecule has 5 heteroatoms. The van der Waals surface area contributed by atoms with Crippen LogP contribution in [0.25, 0.3) is 11.6 Å². The van der Waals surface area contributed by atoms with Gasteiger partial charge in [0.2, 0.25) is 5.82 Å². The lowest BCUT2D eigenvalue weighted by Gasteiger charge is -2.35. The highest BCUT2D eigenvalue weighted by molar-refractivity contribution is 5.45. The van der Waals surface area contributed by atoms with Crippen molar-refractivity contribution in [2.75, 3.05) is 6.54 Å². The van der Waals surface area contributed by atoms with E-state index in [1.807, 2.05) is 12.1 Å². The molecule has 134 valence electrons. The summed E-state index contributed by atoms with van der Waals surface area (Å²) < 4.78 is 5.35. The maximum Gasteiger partial charge on any atom is 0.216 e. The molecular weight excluding hydrogens is 312 g/mol. The highest BCUT2D eigenvalue weighted by Crippen LogP contribution is 2.35. The number of aromatic amines is 1. The quantitative estimate of drug-likeness (QED) is 0.771. The van der Waals surface area contributed by atoms with Crippen LogP contribution in [0.2, 0.25) is 0 Å². The van der Waals surface area contributed by atoms with Crippen molar-refractivity contribution in [2.24, 2.45) is 5.92 Å². The van der Waals surface area contributed by atoms with Crippen molar-refractivity contribution < 1.29 is 4.42 Å². The fourth-order valence-electron chi connectivity index (χ4n) is 4.32. The Morgan fingerprint density at radius 2 is 2.16 bits per heavy atom. The maximum atomic E-state index is 5.35. The maximum absolute atomic E-state index is 5.35. The van der Waals surface area contributed by atoms with Gasteiger partial charge in [0.25, 0.3) is 0 Å². The first kappa shape index (κ1) is 16.6. The van der Waals surface area contributed by atoms with Gasteiger partial charge >= 0.3 is 0 Å². The van der Waals surface area contributed by atoms with Gasteiger partial charge in [-0.3, -0.25) is 5.10 Å². The molecule has 0 aliphatic heterocycles. The molecule has 0 bridgehead atoms. The van der Waals surface area contributed by atoms with Gasteiger partial charge in [-0.15, -0.1) is 0 Å². The molecular formula is C20H28N4O. The van der Waals surface area contributed by atoms with Crippen LogP contribution in [0.3, 0.4) is 0 Å². The Labute approximate surface area is 149 Å². The van der Waals surface area contributed by atoms with Crippen molar-refractivity contribution in [1.82, 2.24) is 20.5 Å². The summed E-state index contributed by atoms with van der Waals surface area (Å²) >= 11 is 0. The number of hydrogen-bond acceptors (Lipinski definition) is 4. The summed E-state index contributed by atoms with van der Waals surface area (Å²) in [4.78, 5) is 4.53. The number of aromatic nitrogens is 3. The fourth-order valence-corrected chi connectivity index (χ4v) is 4.32. The number of hydrogen-bond donors (Lipinski definition) is 2. The van der Waals surface area contributed by atoms with E-state index in [4.69, 9.17) is 4.42 Å². The monoisotopic (exact) mass is 340 g/mol. The molecule has 2 aromatic rings. The number of allylic oxidation sites excluding steroid dienone is 1. The van der Waals surface area contributed by atoms with E-state index in [9.17, 15) is 0 Å². The summed E-state index contributed by atoms with van der Waals surface area (Å²) in [5.41, 5.74) is 1.73. The van der Waals surface area contributed by atoms with Crippen molar-refractivity contribution in [2.45, 2.75) is 63.8 Å². The second-order valence-corrected chi connectivity index (χ2v) is 7.31. The lowest BCUT2D eigenvalue weighted by Crippen LogP contribution is -2.40. The first-order chi connectivity index (χ1) is 12.4. The van der Waals surface area contributed by atoms with Crippen LogP contribution in [0.1, 0.15) is 57.2 Å². The van der Waals surface area contributed by atoms with Gasteiger partial charge in [-0.25, -0.2) is 4.98 Å². The Bertz CT molecular complexity index is 688. The SMILES string of the molecule is C1=C([C@H]2CCCC[C@@H]2NCCc2nc(-c3ccco3)n[nH]2)CCCC1. The second-order valence-electron chi connectivity index (χ2n) is 7.31. The Balaban J connectivity index is 1.31. The first-order valence-corrected chi connectivity index (χ1v) is 9.77. The zero-order chi connectivity index (χ0) is 16.9. The third-order valence-corrected chi connectivity index (χ3v) is 5.61. The molecule has 0 radical (unpaired) electrons. The summed E-state index contributed by atoms with van der Waals surface area (Å²) in [6.45, 7) is 0.946. The van der Waals surface area contributed by atoms with Crippen LogP contribution in [-0.2, 0) is 6.42 Å². The average molecular weight is 340 g/mol. The number of rotatable bonds is 6. The predicted octanol–water partition coefficient (Wildman–Crippen LogP) is 4.26. The number of nitrogens with zero attached hydrogens (tertiary/aromatic N) is 2. The average Bonchev–Trinajstić information content (AvgIpc) is 3.35. The molecule has 1 saturated carbocycles. The summed E-state index contributed by atoms with van der Waals surface area (Å²) in [5.74, 6) is 3.03. The van der Waals surface area contributed by atoms with Gasteiger partial charge in [0.1, 0.15) is 5.82 Å². The molecule has 2 aliphatic carbocycles. The number of nitrogens with one attached hydrogen (secondary N) is 2. The van der Waals surface area contributed by atoms with Crippen LogP contribution < -0.4 is 5.32 Å². The minimum absolute atomic E-state index is 0.630.